The van der Waals surface area contributed by atoms with Gasteiger partial charge in [0.05, 0.1) is 5.52 Å². The van der Waals surface area contributed by atoms with Crippen LogP contribution in [-0.2, 0) is 0 Å². The number of hydrogen-bond donors (Lipinski definition) is 1. The van der Waals surface area contributed by atoms with Crippen LogP contribution in [-0.4, -0.2) is 4.98 Å². The van der Waals surface area contributed by atoms with E-state index in [0.29, 0.717) is 16.3 Å². The van der Waals surface area contributed by atoms with Crippen LogP contribution in [0.4, 0.5) is 0 Å². The summed E-state index contributed by atoms with van der Waals surface area (Å²) in [5.74, 6) is 0.522. The van der Waals surface area contributed by atoms with Crippen molar-refractivity contribution in [1.29, 1.82) is 0 Å². The second-order valence-corrected chi connectivity index (χ2v) is 6.48. The zero-order chi connectivity index (χ0) is 12.7. The van der Waals surface area contributed by atoms with E-state index in [1.807, 2.05) is 6.07 Å². The summed E-state index contributed by atoms with van der Waals surface area (Å²) in [6.45, 7) is 0. The van der Waals surface area contributed by atoms with Crippen molar-refractivity contribution in [3.8, 4) is 0 Å². The van der Waals surface area contributed by atoms with Gasteiger partial charge in [0.15, 0.2) is 5.43 Å². The number of benzene rings is 1. The normalized spacial score (nSPS) is 16.6. The molecule has 18 heavy (non-hydrogen) atoms. The summed E-state index contributed by atoms with van der Waals surface area (Å²) < 4.78 is 1.01. The number of hydrogen-bond acceptors (Lipinski definition) is 1. The van der Waals surface area contributed by atoms with Crippen molar-refractivity contribution in [1.82, 2.24) is 4.98 Å². The summed E-state index contributed by atoms with van der Waals surface area (Å²) in [7, 11) is 0. The molecular formula is C14H13ClINO. The first kappa shape index (κ1) is 12.5. The fraction of sp³-hybridized carbons (Fsp3) is 0.357. The SMILES string of the molecule is O=c1cc(C2CCCC2)[nH]c2c(I)cc(Cl)cc12. The third-order valence-corrected chi connectivity index (χ3v) is 4.74. The van der Waals surface area contributed by atoms with Crippen LogP contribution in [0.25, 0.3) is 10.9 Å². The monoisotopic (exact) mass is 373 g/mol. The van der Waals surface area contributed by atoms with Crippen molar-refractivity contribution in [3.05, 3.63) is 42.7 Å². The van der Waals surface area contributed by atoms with Gasteiger partial charge in [-0.25, -0.2) is 0 Å². The van der Waals surface area contributed by atoms with Gasteiger partial charge < -0.3 is 4.98 Å². The molecular weight excluding hydrogens is 361 g/mol. The molecule has 1 heterocycles. The molecule has 0 aliphatic heterocycles. The molecule has 3 rings (SSSR count). The van der Waals surface area contributed by atoms with Crippen LogP contribution in [0.15, 0.2) is 23.0 Å². The molecule has 0 radical (unpaired) electrons. The van der Waals surface area contributed by atoms with E-state index >= 15 is 0 Å². The molecule has 2 aromatic rings. The van der Waals surface area contributed by atoms with Crippen LogP contribution in [0.3, 0.4) is 0 Å². The Morgan fingerprint density at radius 2 is 1.94 bits per heavy atom. The average molecular weight is 374 g/mol. The lowest BCUT2D eigenvalue weighted by Crippen LogP contribution is -2.08. The Labute approximate surface area is 124 Å². The first-order valence-electron chi connectivity index (χ1n) is 6.17. The van der Waals surface area contributed by atoms with Crippen LogP contribution in [0.2, 0.25) is 5.02 Å². The molecule has 0 amide bonds. The lowest BCUT2D eigenvalue weighted by Gasteiger charge is -2.11. The summed E-state index contributed by atoms with van der Waals surface area (Å²) in [6.07, 6.45) is 4.90. The van der Waals surface area contributed by atoms with E-state index in [4.69, 9.17) is 11.6 Å². The number of aromatic nitrogens is 1. The predicted molar refractivity (Wildman–Crippen MR) is 83.5 cm³/mol. The standard InChI is InChI=1S/C14H13ClINO/c15-9-5-10-13(18)7-12(8-3-1-2-4-8)17-14(10)11(16)6-9/h5-8H,1-4H2,(H,17,18). The molecule has 0 spiro atoms. The summed E-state index contributed by atoms with van der Waals surface area (Å²) in [5.41, 5.74) is 2.09. The van der Waals surface area contributed by atoms with E-state index in [1.165, 1.54) is 25.7 Å². The fourth-order valence-corrected chi connectivity index (χ4v) is 3.91. The van der Waals surface area contributed by atoms with E-state index in [-0.39, 0.29) is 5.43 Å². The number of pyridine rings is 1. The highest BCUT2D eigenvalue weighted by atomic mass is 127. The summed E-state index contributed by atoms with van der Waals surface area (Å²) in [6, 6.07) is 5.39. The molecule has 1 aliphatic carbocycles. The van der Waals surface area contributed by atoms with Gasteiger partial charge in [-0.3, -0.25) is 4.79 Å². The zero-order valence-electron chi connectivity index (χ0n) is 9.80. The minimum Gasteiger partial charge on any atom is -0.357 e. The average Bonchev–Trinajstić information content (AvgIpc) is 2.83. The van der Waals surface area contributed by atoms with Crippen LogP contribution in [0, 0.1) is 3.57 Å². The predicted octanol–water partition coefficient (Wildman–Crippen LogP) is 4.44. The Bertz CT molecular complexity index is 659. The quantitative estimate of drug-likeness (QED) is 0.736. The molecule has 0 saturated heterocycles. The van der Waals surface area contributed by atoms with Crippen LogP contribution in [0.1, 0.15) is 37.3 Å². The van der Waals surface area contributed by atoms with Crippen molar-refractivity contribution < 1.29 is 0 Å². The number of aromatic amines is 1. The molecule has 4 heteroatoms. The van der Waals surface area contributed by atoms with Gasteiger partial charge in [0.2, 0.25) is 0 Å². The second-order valence-electron chi connectivity index (χ2n) is 4.88. The lowest BCUT2D eigenvalue weighted by atomic mass is 10.0. The molecule has 1 aliphatic rings. The Kier molecular flexibility index (Phi) is 3.36. The molecule has 2 nitrogen and oxygen atoms in total. The van der Waals surface area contributed by atoms with Crippen molar-refractivity contribution in [3.63, 3.8) is 0 Å². The number of fused-ring (bicyclic) bond motifs is 1. The summed E-state index contributed by atoms with van der Waals surface area (Å²) in [4.78, 5) is 15.6. The van der Waals surface area contributed by atoms with Crippen LogP contribution < -0.4 is 5.43 Å². The maximum Gasteiger partial charge on any atom is 0.189 e. The van der Waals surface area contributed by atoms with E-state index in [2.05, 4.69) is 27.6 Å². The first-order valence-corrected chi connectivity index (χ1v) is 7.63. The Balaban J connectivity index is 2.23. The van der Waals surface area contributed by atoms with Crippen molar-refractivity contribution in [2.24, 2.45) is 0 Å². The Morgan fingerprint density at radius 1 is 1.22 bits per heavy atom. The van der Waals surface area contributed by atoms with Crippen molar-refractivity contribution in [2.75, 3.05) is 0 Å². The number of halogens is 2. The molecule has 1 aromatic heterocycles. The van der Waals surface area contributed by atoms with E-state index in [1.54, 1.807) is 12.1 Å². The molecule has 0 bridgehead atoms. The molecule has 1 N–H and O–H groups in total. The minimum absolute atomic E-state index is 0.0751. The Hall–Kier alpha value is -0.550. The summed E-state index contributed by atoms with van der Waals surface area (Å²) in [5, 5.41) is 1.31. The van der Waals surface area contributed by atoms with Gasteiger partial charge in [0, 0.05) is 25.7 Å². The highest BCUT2D eigenvalue weighted by molar-refractivity contribution is 14.1. The number of rotatable bonds is 1. The lowest BCUT2D eigenvalue weighted by molar-refractivity contribution is 0.700. The van der Waals surface area contributed by atoms with Gasteiger partial charge in [0.25, 0.3) is 0 Å². The third kappa shape index (κ3) is 2.18. The zero-order valence-corrected chi connectivity index (χ0v) is 12.7. The molecule has 0 atom stereocenters. The largest absolute Gasteiger partial charge is 0.357 e. The maximum absolute atomic E-state index is 12.2. The van der Waals surface area contributed by atoms with Crippen LogP contribution in [0.5, 0.6) is 0 Å². The van der Waals surface area contributed by atoms with E-state index < -0.39 is 0 Å². The van der Waals surface area contributed by atoms with Crippen molar-refractivity contribution >= 4 is 45.1 Å². The van der Waals surface area contributed by atoms with Crippen molar-refractivity contribution in [2.45, 2.75) is 31.6 Å². The Morgan fingerprint density at radius 3 is 2.67 bits per heavy atom. The van der Waals surface area contributed by atoms with E-state index in [9.17, 15) is 4.79 Å². The van der Waals surface area contributed by atoms with Gasteiger partial charge in [-0.15, -0.1) is 0 Å². The molecule has 1 fully saturated rings. The van der Waals surface area contributed by atoms with Gasteiger partial charge >= 0.3 is 0 Å². The number of H-pyrrole nitrogens is 1. The van der Waals surface area contributed by atoms with Gasteiger partial charge in [-0.2, -0.15) is 0 Å². The van der Waals surface area contributed by atoms with Gasteiger partial charge in [-0.05, 0) is 53.5 Å². The highest BCUT2D eigenvalue weighted by Gasteiger charge is 2.19. The highest BCUT2D eigenvalue weighted by Crippen LogP contribution is 2.33. The fourth-order valence-electron chi connectivity index (χ4n) is 2.75. The topological polar surface area (TPSA) is 32.9 Å². The van der Waals surface area contributed by atoms with E-state index in [0.717, 1.165) is 14.8 Å². The third-order valence-electron chi connectivity index (χ3n) is 3.67. The second kappa shape index (κ2) is 4.85. The van der Waals surface area contributed by atoms with Gasteiger partial charge in [-0.1, -0.05) is 24.4 Å². The molecule has 94 valence electrons. The smallest absolute Gasteiger partial charge is 0.189 e. The maximum atomic E-state index is 12.2. The summed E-state index contributed by atoms with van der Waals surface area (Å²) >= 11 is 8.23. The first-order chi connectivity index (χ1) is 8.65. The molecule has 1 aromatic carbocycles. The number of nitrogens with one attached hydrogen (secondary N) is 1. The molecule has 1 saturated carbocycles. The minimum atomic E-state index is 0.0751. The van der Waals surface area contributed by atoms with Gasteiger partial charge in [0.1, 0.15) is 0 Å². The molecule has 0 unspecified atom stereocenters. The van der Waals surface area contributed by atoms with Crippen LogP contribution >= 0.6 is 34.2 Å².